The Bertz CT molecular complexity index is 2000. The van der Waals surface area contributed by atoms with Crippen LogP contribution in [0.15, 0.2) is 119 Å². The Morgan fingerprint density at radius 3 is 2.17 bits per heavy atom. The smallest absolute Gasteiger partial charge is 0.246 e. The van der Waals surface area contributed by atoms with Crippen molar-refractivity contribution >= 4 is 62.5 Å². The lowest BCUT2D eigenvalue weighted by Crippen LogP contribution is -2.53. The number of anilines is 2. The van der Waals surface area contributed by atoms with Crippen molar-refractivity contribution in [2.75, 3.05) is 9.80 Å². The van der Waals surface area contributed by atoms with Crippen LogP contribution in [0.25, 0.3) is 0 Å². The Morgan fingerprint density at radius 1 is 0.745 bits per heavy atom. The standard InChI is InChI=1S/C38H28BrClN2O5/c39-23-11-13-25(14-12-23)41-34(44)29-18-17-28-30(32(29)36(41)46)20-31-35(45)42(26-8-4-7-24(40)19-26)37(47)38(31,22-5-2-1-3-6-22)33(28)21-9-15-27(43)16-10-21/h1-17,19,29-33,43H,18,20H2. The summed E-state index contributed by atoms with van der Waals surface area (Å²) >= 11 is 9.79. The van der Waals surface area contributed by atoms with Crippen LogP contribution in [0.5, 0.6) is 5.75 Å². The summed E-state index contributed by atoms with van der Waals surface area (Å²) in [6.45, 7) is 0. The Morgan fingerprint density at radius 2 is 1.47 bits per heavy atom. The molecule has 4 aliphatic rings. The van der Waals surface area contributed by atoms with Gasteiger partial charge in [0.05, 0.1) is 34.5 Å². The normalized spacial score (nSPS) is 28.2. The fourth-order valence-corrected chi connectivity index (χ4v) is 9.08. The SMILES string of the molecule is O=C1C2CC=C3C(CC4C(=O)N(c5cccc(Cl)c5)C(=O)C4(c4ccccc4)C3c3ccc(O)cc3)C2C(=O)N1c1ccc(Br)cc1. The third-order valence-corrected chi connectivity index (χ3v) is 11.2. The van der Waals surface area contributed by atoms with Crippen LogP contribution < -0.4 is 9.80 Å². The lowest BCUT2D eigenvalue weighted by atomic mass is 9.49. The van der Waals surface area contributed by atoms with Crippen molar-refractivity contribution in [2.45, 2.75) is 24.2 Å². The largest absolute Gasteiger partial charge is 0.508 e. The molecule has 0 bridgehead atoms. The molecule has 1 N–H and O–H groups in total. The van der Waals surface area contributed by atoms with Gasteiger partial charge in [0, 0.05) is 15.4 Å². The van der Waals surface area contributed by atoms with E-state index < -0.39 is 35.0 Å². The highest BCUT2D eigenvalue weighted by atomic mass is 79.9. The van der Waals surface area contributed by atoms with E-state index in [4.69, 9.17) is 11.6 Å². The first-order valence-corrected chi connectivity index (χ1v) is 16.7. The number of aromatic hydroxyl groups is 1. The number of fused-ring (bicyclic) bond motifs is 4. The van der Waals surface area contributed by atoms with E-state index in [9.17, 15) is 19.5 Å². The Balaban J connectivity index is 1.34. The number of phenolic OH excluding ortho intramolecular Hbond substituents is 1. The molecule has 7 nitrogen and oxygen atoms in total. The molecule has 2 heterocycles. The molecule has 0 radical (unpaired) electrons. The Hall–Kier alpha value is -4.53. The molecule has 9 heteroatoms. The van der Waals surface area contributed by atoms with E-state index in [0.717, 1.165) is 15.6 Å². The summed E-state index contributed by atoms with van der Waals surface area (Å²) in [6, 6.07) is 29.9. The molecule has 1 saturated carbocycles. The molecule has 2 aliphatic heterocycles. The van der Waals surface area contributed by atoms with Crippen LogP contribution >= 0.6 is 27.5 Å². The number of imide groups is 2. The van der Waals surface area contributed by atoms with E-state index in [-0.39, 0.29) is 35.8 Å². The van der Waals surface area contributed by atoms with E-state index in [1.54, 1.807) is 72.8 Å². The zero-order valence-electron chi connectivity index (χ0n) is 24.9. The molecule has 2 aliphatic carbocycles. The minimum absolute atomic E-state index is 0.0696. The first-order chi connectivity index (χ1) is 22.7. The Labute approximate surface area is 284 Å². The van der Waals surface area contributed by atoms with Crippen molar-refractivity contribution < 1.29 is 24.3 Å². The highest BCUT2D eigenvalue weighted by Gasteiger charge is 2.70. The predicted octanol–water partition coefficient (Wildman–Crippen LogP) is 7.18. The predicted molar refractivity (Wildman–Crippen MR) is 181 cm³/mol. The van der Waals surface area contributed by atoms with Gasteiger partial charge in [0.1, 0.15) is 5.75 Å². The number of halogens is 2. The van der Waals surface area contributed by atoms with Gasteiger partial charge in [-0.25, -0.2) is 4.90 Å². The number of benzene rings is 4. The summed E-state index contributed by atoms with van der Waals surface area (Å²) in [5, 5.41) is 10.7. The number of allylic oxidation sites excluding steroid dienone is 2. The highest BCUT2D eigenvalue weighted by Crippen LogP contribution is 2.64. The second-order valence-corrected chi connectivity index (χ2v) is 14.0. The third-order valence-electron chi connectivity index (χ3n) is 10.5. The van der Waals surface area contributed by atoms with Crippen LogP contribution in [0.4, 0.5) is 11.4 Å². The second kappa shape index (κ2) is 11.0. The molecule has 47 heavy (non-hydrogen) atoms. The van der Waals surface area contributed by atoms with Gasteiger partial charge in [-0.05, 0) is 84.5 Å². The fourth-order valence-electron chi connectivity index (χ4n) is 8.63. The quantitative estimate of drug-likeness (QED) is 0.179. The average molecular weight is 708 g/mol. The van der Waals surface area contributed by atoms with E-state index in [1.807, 2.05) is 36.4 Å². The van der Waals surface area contributed by atoms with Crippen LogP contribution in [0.1, 0.15) is 29.9 Å². The zero-order chi connectivity index (χ0) is 32.6. The molecule has 6 unspecified atom stereocenters. The lowest BCUT2D eigenvalue weighted by Gasteiger charge is -2.50. The molecular weight excluding hydrogens is 680 g/mol. The molecule has 0 aromatic heterocycles. The van der Waals surface area contributed by atoms with Crippen molar-refractivity contribution in [3.63, 3.8) is 0 Å². The molecule has 4 amide bonds. The summed E-state index contributed by atoms with van der Waals surface area (Å²) in [7, 11) is 0. The number of hydrogen-bond donors (Lipinski definition) is 1. The minimum Gasteiger partial charge on any atom is -0.508 e. The van der Waals surface area contributed by atoms with Gasteiger partial charge in [-0.15, -0.1) is 0 Å². The zero-order valence-corrected chi connectivity index (χ0v) is 27.3. The Kier molecular flexibility index (Phi) is 7.00. The maximum absolute atomic E-state index is 15.2. The maximum atomic E-state index is 15.2. The van der Waals surface area contributed by atoms with Crippen LogP contribution in [0.3, 0.4) is 0 Å². The minimum atomic E-state index is -1.36. The monoisotopic (exact) mass is 706 g/mol. The number of amides is 4. The van der Waals surface area contributed by atoms with Gasteiger partial charge in [0.15, 0.2) is 0 Å². The van der Waals surface area contributed by atoms with Crippen molar-refractivity contribution in [1.82, 2.24) is 0 Å². The number of nitrogens with zero attached hydrogens (tertiary/aromatic N) is 2. The maximum Gasteiger partial charge on any atom is 0.246 e. The van der Waals surface area contributed by atoms with Gasteiger partial charge >= 0.3 is 0 Å². The lowest BCUT2D eigenvalue weighted by molar-refractivity contribution is -0.127. The van der Waals surface area contributed by atoms with Crippen LogP contribution in [0, 0.1) is 23.7 Å². The van der Waals surface area contributed by atoms with E-state index in [2.05, 4.69) is 15.9 Å². The number of carbonyl (C=O) groups excluding carboxylic acids is 4. The van der Waals surface area contributed by atoms with Crippen LogP contribution in [0.2, 0.25) is 5.02 Å². The van der Waals surface area contributed by atoms with E-state index >= 15 is 4.79 Å². The summed E-state index contributed by atoms with van der Waals surface area (Å²) in [4.78, 5) is 60.7. The van der Waals surface area contributed by atoms with Crippen LogP contribution in [-0.2, 0) is 24.6 Å². The topological polar surface area (TPSA) is 95.0 Å². The van der Waals surface area contributed by atoms with Crippen LogP contribution in [-0.4, -0.2) is 28.7 Å². The summed E-state index contributed by atoms with van der Waals surface area (Å²) < 4.78 is 0.830. The molecule has 6 atom stereocenters. The molecular formula is C38H28BrClN2O5. The summed E-state index contributed by atoms with van der Waals surface area (Å²) in [5.41, 5.74) is 1.82. The molecule has 0 spiro atoms. The number of rotatable bonds is 4. The van der Waals surface area contributed by atoms with Gasteiger partial charge in [-0.2, -0.15) is 0 Å². The number of phenols is 1. The van der Waals surface area contributed by atoms with Gasteiger partial charge in [-0.3, -0.25) is 24.1 Å². The summed E-state index contributed by atoms with van der Waals surface area (Å²) in [6.07, 6.45) is 2.57. The van der Waals surface area contributed by atoms with Gasteiger partial charge in [0.2, 0.25) is 23.6 Å². The molecule has 2 saturated heterocycles. The van der Waals surface area contributed by atoms with Gasteiger partial charge in [0.25, 0.3) is 0 Å². The molecule has 4 aromatic carbocycles. The van der Waals surface area contributed by atoms with Gasteiger partial charge in [-0.1, -0.05) is 87.7 Å². The molecule has 8 rings (SSSR count). The van der Waals surface area contributed by atoms with Crippen molar-refractivity contribution in [1.29, 1.82) is 0 Å². The van der Waals surface area contributed by atoms with E-state index in [0.29, 0.717) is 28.4 Å². The average Bonchev–Trinajstić information content (AvgIpc) is 3.47. The van der Waals surface area contributed by atoms with Crippen molar-refractivity contribution in [2.24, 2.45) is 23.7 Å². The fraction of sp³-hybridized carbons (Fsp3) is 0.211. The third kappa shape index (κ3) is 4.31. The first-order valence-electron chi connectivity index (χ1n) is 15.5. The highest BCUT2D eigenvalue weighted by molar-refractivity contribution is 9.10. The molecule has 4 aromatic rings. The van der Waals surface area contributed by atoms with E-state index in [1.165, 1.54) is 9.80 Å². The second-order valence-electron chi connectivity index (χ2n) is 12.7. The van der Waals surface area contributed by atoms with Crippen molar-refractivity contribution in [3.8, 4) is 5.75 Å². The van der Waals surface area contributed by atoms with Crippen molar-refractivity contribution in [3.05, 3.63) is 135 Å². The number of hydrogen-bond acceptors (Lipinski definition) is 5. The van der Waals surface area contributed by atoms with Gasteiger partial charge < -0.3 is 5.11 Å². The molecule has 3 fully saturated rings. The summed E-state index contributed by atoms with van der Waals surface area (Å²) in [5.74, 6) is -4.46. The number of carbonyl (C=O) groups is 4. The first kappa shape index (κ1) is 29.8. The molecule has 234 valence electrons.